The molecule has 2 nitrogen and oxygen atoms in total. The largest absolute Gasteiger partial charge is 0.393 e. The first-order valence-electron chi connectivity index (χ1n) is 8.42. The monoisotopic (exact) mass is 265 g/mol. The molecule has 0 aromatic rings. The fraction of sp³-hybridized carbons (Fsp3) is 1.00. The first-order valence-corrected chi connectivity index (χ1v) is 8.42. The number of aliphatic hydroxyl groups excluding tert-OH is 1. The molecule has 2 heteroatoms. The van der Waals surface area contributed by atoms with Crippen LogP contribution in [0.3, 0.4) is 0 Å². The van der Waals surface area contributed by atoms with Crippen LogP contribution in [-0.4, -0.2) is 35.7 Å². The Bertz CT molecular complexity index is 292. The maximum atomic E-state index is 10.3. The van der Waals surface area contributed by atoms with E-state index in [-0.39, 0.29) is 6.10 Å². The molecule has 0 saturated heterocycles. The van der Waals surface area contributed by atoms with E-state index in [1.165, 1.54) is 51.6 Å². The van der Waals surface area contributed by atoms with Gasteiger partial charge in [0.15, 0.2) is 0 Å². The van der Waals surface area contributed by atoms with Crippen molar-refractivity contribution in [2.45, 2.75) is 64.9 Å². The van der Waals surface area contributed by atoms with E-state index in [0.717, 1.165) is 24.8 Å². The summed E-state index contributed by atoms with van der Waals surface area (Å²) in [7, 11) is 0. The molecule has 0 bridgehead atoms. The number of hydrogen-bond acceptors (Lipinski definition) is 2. The zero-order chi connectivity index (χ0) is 13.5. The molecule has 3 fully saturated rings. The highest BCUT2D eigenvalue weighted by atomic mass is 16.3. The zero-order valence-corrected chi connectivity index (χ0v) is 12.8. The van der Waals surface area contributed by atoms with E-state index in [1.807, 2.05) is 0 Å². The quantitative estimate of drug-likeness (QED) is 0.796. The van der Waals surface area contributed by atoms with E-state index in [1.54, 1.807) is 0 Å². The van der Waals surface area contributed by atoms with Gasteiger partial charge in [-0.1, -0.05) is 13.8 Å². The van der Waals surface area contributed by atoms with E-state index in [0.29, 0.717) is 11.3 Å². The van der Waals surface area contributed by atoms with Crippen molar-refractivity contribution in [1.82, 2.24) is 4.90 Å². The van der Waals surface area contributed by atoms with Crippen LogP contribution in [0.1, 0.15) is 58.8 Å². The lowest BCUT2D eigenvalue weighted by molar-refractivity contribution is 0.00286. The van der Waals surface area contributed by atoms with Crippen molar-refractivity contribution in [2.75, 3.05) is 19.6 Å². The van der Waals surface area contributed by atoms with Crippen molar-refractivity contribution in [3.05, 3.63) is 0 Å². The topological polar surface area (TPSA) is 23.5 Å². The number of hydrogen-bond donors (Lipinski definition) is 1. The smallest absolute Gasteiger partial charge is 0.0581 e. The number of aliphatic hydroxyl groups is 1. The van der Waals surface area contributed by atoms with E-state index in [2.05, 4.69) is 18.7 Å². The molecule has 3 aliphatic carbocycles. The predicted octanol–water partition coefficient (Wildman–Crippen LogP) is 3.30. The average Bonchev–Trinajstić information content (AvgIpc) is 3.19. The van der Waals surface area contributed by atoms with Gasteiger partial charge in [-0.2, -0.15) is 0 Å². The molecule has 3 saturated carbocycles. The normalized spacial score (nSPS) is 34.7. The summed E-state index contributed by atoms with van der Waals surface area (Å²) in [5.74, 6) is 2.47. The Kier molecular flexibility index (Phi) is 3.92. The predicted molar refractivity (Wildman–Crippen MR) is 79.0 cm³/mol. The van der Waals surface area contributed by atoms with Crippen molar-refractivity contribution in [1.29, 1.82) is 0 Å². The van der Waals surface area contributed by atoms with Gasteiger partial charge in [0.25, 0.3) is 0 Å². The van der Waals surface area contributed by atoms with Gasteiger partial charge in [0.05, 0.1) is 6.10 Å². The Morgan fingerprint density at radius 1 is 0.947 bits per heavy atom. The summed E-state index contributed by atoms with van der Waals surface area (Å²) in [6.45, 7) is 8.51. The Morgan fingerprint density at radius 3 is 2.05 bits per heavy atom. The summed E-state index contributed by atoms with van der Waals surface area (Å²) in [6, 6.07) is 0. The molecule has 2 unspecified atom stereocenters. The molecule has 0 amide bonds. The Morgan fingerprint density at radius 2 is 1.53 bits per heavy atom. The number of rotatable bonds is 6. The zero-order valence-electron chi connectivity index (χ0n) is 12.8. The molecule has 0 aliphatic heterocycles. The van der Waals surface area contributed by atoms with E-state index in [9.17, 15) is 5.11 Å². The van der Waals surface area contributed by atoms with Crippen molar-refractivity contribution in [3.63, 3.8) is 0 Å². The van der Waals surface area contributed by atoms with Crippen molar-refractivity contribution in [2.24, 2.45) is 23.2 Å². The first-order chi connectivity index (χ1) is 9.02. The SMILES string of the molecule is CC1(C)CCC(O)C(CN(CC2CC2)CC2CC2)C1. The second-order valence-electron chi connectivity index (χ2n) is 8.34. The highest BCUT2D eigenvalue weighted by molar-refractivity contribution is 4.89. The molecule has 0 radical (unpaired) electrons. The van der Waals surface area contributed by atoms with Crippen molar-refractivity contribution >= 4 is 0 Å². The van der Waals surface area contributed by atoms with Crippen LogP contribution < -0.4 is 0 Å². The van der Waals surface area contributed by atoms with Crippen LogP contribution in [-0.2, 0) is 0 Å². The molecule has 0 aromatic carbocycles. The van der Waals surface area contributed by atoms with Crippen LogP contribution in [0.2, 0.25) is 0 Å². The summed E-state index contributed by atoms with van der Waals surface area (Å²) in [5, 5.41) is 10.3. The Labute approximate surface area is 118 Å². The molecular formula is C17H31NO. The fourth-order valence-corrected chi connectivity index (χ4v) is 3.79. The minimum atomic E-state index is -0.0473. The first kappa shape index (κ1) is 13.9. The standard InChI is InChI=1S/C17H31NO/c1-17(2)8-7-16(19)15(9-17)12-18(10-13-3-4-13)11-14-5-6-14/h13-16,19H,3-12H2,1-2H3. The highest BCUT2D eigenvalue weighted by Crippen LogP contribution is 2.40. The lowest BCUT2D eigenvalue weighted by atomic mass is 9.70. The Balaban J connectivity index is 1.55. The van der Waals surface area contributed by atoms with Gasteiger partial charge in [-0.05, 0) is 68.1 Å². The van der Waals surface area contributed by atoms with Crippen LogP contribution in [0.25, 0.3) is 0 Å². The van der Waals surface area contributed by atoms with E-state index >= 15 is 0 Å². The molecule has 110 valence electrons. The van der Waals surface area contributed by atoms with Gasteiger partial charge in [-0.15, -0.1) is 0 Å². The molecule has 1 N–H and O–H groups in total. The second kappa shape index (κ2) is 5.37. The van der Waals surface area contributed by atoms with Crippen LogP contribution in [0.15, 0.2) is 0 Å². The second-order valence-corrected chi connectivity index (χ2v) is 8.34. The van der Waals surface area contributed by atoms with Crippen LogP contribution >= 0.6 is 0 Å². The van der Waals surface area contributed by atoms with E-state index in [4.69, 9.17) is 0 Å². The summed E-state index contributed by atoms with van der Waals surface area (Å²) >= 11 is 0. The average molecular weight is 265 g/mol. The maximum Gasteiger partial charge on any atom is 0.0581 e. The van der Waals surface area contributed by atoms with Gasteiger partial charge in [0.2, 0.25) is 0 Å². The molecule has 0 spiro atoms. The van der Waals surface area contributed by atoms with Gasteiger partial charge < -0.3 is 10.0 Å². The third-order valence-corrected chi connectivity index (χ3v) is 5.40. The minimum absolute atomic E-state index is 0.0473. The van der Waals surface area contributed by atoms with Crippen molar-refractivity contribution < 1.29 is 5.11 Å². The third kappa shape index (κ3) is 4.19. The van der Waals surface area contributed by atoms with Crippen LogP contribution in [0, 0.1) is 23.2 Å². The lowest BCUT2D eigenvalue weighted by Gasteiger charge is -2.40. The van der Waals surface area contributed by atoms with E-state index < -0.39 is 0 Å². The molecule has 2 atom stereocenters. The van der Waals surface area contributed by atoms with Gasteiger partial charge in [0.1, 0.15) is 0 Å². The summed E-state index contributed by atoms with van der Waals surface area (Å²) in [6.07, 6.45) is 9.14. The lowest BCUT2D eigenvalue weighted by Crippen LogP contribution is -2.42. The van der Waals surface area contributed by atoms with Gasteiger partial charge in [-0.3, -0.25) is 0 Å². The summed E-state index contributed by atoms with van der Waals surface area (Å²) in [5.41, 5.74) is 0.439. The van der Waals surface area contributed by atoms with Gasteiger partial charge >= 0.3 is 0 Å². The third-order valence-electron chi connectivity index (χ3n) is 5.40. The number of nitrogens with zero attached hydrogens (tertiary/aromatic N) is 1. The molecular weight excluding hydrogens is 234 g/mol. The fourth-order valence-electron chi connectivity index (χ4n) is 3.79. The maximum absolute atomic E-state index is 10.3. The molecule has 0 aromatic heterocycles. The molecule has 3 aliphatic rings. The summed E-state index contributed by atoms with van der Waals surface area (Å²) in [4.78, 5) is 2.70. The van der Waals surface area contributed by atoms with Crippen LogP contribution in [0.5, 0.6) is 0 Å². The van der Waals surface area contributed by atoms with Crippen LogP contribution in [0.4, 0.5) is 0 Å². The summed E-state index contributed by atoms with van der Waals surface area (Å²) < 4.78 is 0. The Hall–Kier alpha value is -0.0800. The van der Waals surface area contributed by atoms with Crippen molar-refractivity contribution in [3.8, 4) is 0 Å². The molecule has 0 heterocycles. The highest BCUT2D eigenvalue weighted by Gasteiger charge is 2.36. The van der Waals surface area contributed by atoms with Gasteiger partial charge in [-0.25, -0.2) is 0 Å². The minimum Gasteiger partial charge on any atom is -0.393 e. The molecule has 3 rings (SSSR count). The van der Waals surface area contributed by atoms with Gasteiger partial charge in [0, 0.05) is 19.6 Å². The molecule has 19 heavy (non-hydrogen) atoms.